The Morgan fingerprint density at radius 2 is 2.16 bits per heavy atom. The van der Waals surface area contributed by atoms with Crippen LogP contribution in [0, 0.1) is 6.92 Å². The van der Waals surface area contributed by atoms with Gasteiger partial charge in [0.15, 0.2) is 0 Å². The monoisotopic (exact) mass is 263 g/mol. The molecule has 1 unspecified atom stereocenters. The number of aryl methyl sites for hydroxylation is 1. The lowest BCUT2D eigenvalue weighted by Crippen LogP contribution is -2.36. The Kier molecular flexibility index (Phi) is 3.91. The van der Waals surface area contributed by atoms with Gasteiger partial charge in [-0.3, -0.25) is 9.80 Å². The van der Waals surface area contributed by atoms with Crippen LogP contribution in [0.25, 0.3) is 0 Å². The number of fused-ring (bicyclic) bond motifs is 1. The molecule has 2 saturated heterocycles. The highest BCUT2D eigenvalue weighted by Crippen LogP contribution is 2.23. The molecule has 2 fully saturated rings. The molecule has 19 heavy (non-hydrogen) atoms. The van der Waals surface area contributed by atoms with Crippen molar-refractivity contribution in [1.29, 1.82) is 0 Å². The molecule has 0 spiro atoms. The molecule has 2 N–H and O–H groups in total. The average molecular weight is 263 g/mol. The molecule has 2 aliphatic heterocycles. The van der Waals surface area contributed by atoms with Crippen LogP contribution in [-0.4, -0.2) is 42.0 Å². The summed E-state index contributed by atoms with van der Waals surface area (Å²) in [6, 6.07) is 2.91. The Labute approximate surface area is 115 Å². The Hall–Kier alpha value is -0.840. The number of rotatable bonds is 3. The van der Waals surface area contributed by atoms with Crippen LogP contribution in [0.3, 0.4) is 0 Å². The molecule has 1 atom stereocenters. The fraction of sp³-hybridized carbons (Fsp3) is 0.733. The van der Waals surface area contributed by atoms with Crippen molar-refractivity contribution in [2.75, 3.05) is 26.2 Å². The maximum atomic E-state index is 5.66. The van der Waals surface area contributed by atoms with Gasteiger partial charge < -0.3 is 10.2 Å². The van der Waals surface area contributed by atoms with E-state index in [0.717, 1.165) is 24.1 Å². The van der Waals surface area contributed by atoms with Gasteiger partial charge in [-0.2, -0.15) is 0 Å². The van der Waals surface area contributed by atoms with E-state index in [-0.39, 0.29) is 0 Å². The van der Waals surface area contributed by atoms with Gasteiger partial charge in [0.1, 0.15) is 11.5 Å². The summed E-state index contributed by atoms with van der Waals surface area (Å²) in [7, 11) is 0. The van der Waals surface area contributed by atoms with E-state index in [2.05, 4.69) is 15.9 Å². The SMILES string of the molecule is Cc1oc(CN)cc1CN1CCCN2CCCC2C1. The zero-order valence-electron chi connectivity index (χ0n) is 11.9. The fourth-order valence-electron chi connectivity index (χ4n) is 3.51. The van der Waals surface area contributed by atoms with E-state index >= 15 is 0 Å². The number of nitrogens with zero attached hydrogens (tertiary/aromatic N) is 2. The predicted molar refractivity (Wildman–Crippen MR) is 75.8 cm³/mol. The molecule has 1 aromatic heterocycles. The average Bonchev–Trinajstić information content (AvgIpc) is 2.92. The third kappa shape index (κ3) is 2.86. The first-order chi connectivity index (χ1) is 9.26. The van der Waals surface area contributed by atoms with Crippen molar-refractivity contribution in [3.8, 4) is 0 Å². The normalized spacial score (nSPS) is 25.5. The Bertz CT molecular complexity index is 429. The molecular formula is C15H25N3O. The van der Waals surface area contributed by atoms with Gasteiger partial charge >= 0.3 is 0 Å². The zero-order chi connectivity index (χ0) is 13.2. The van der Waals surface area contributed by atoms with E-state index in [4.69, 9.17) is 10.2 Å². The second kappa shape index (κ2) is 5.65. The molecule has 4 heteroatoms. The van der Waals surface area contributed by atoms with Crippen molar-refractivity contribution in [1.82, 2.24) is 9.80 Å². The summed E-state index contributed by atoms with van der Waals surface area (Å²) >= 11 is 0. The molecule has 0 aliphatic carbocycles. The summed E-state index contributed by atoms with van der Waals surface area (Å²) in [4.78, 5) is 5.27. The second-order valence-corrected chi connectivity index (χ2v) is 5.92. The summed E-state index contributed by atoms with van der Waals surface area (Å²) in [6.07, 6.45) is 4.03. The number of nitrogens with two attached hydrogens (primary N) is 1. The van der Waals surface area contributed by atoms with Gasteiger partial charge in [0.2, 0.25) is 0 Å². The molecular weight excluding hydrogens is 238 g/mol. The summed E-state index contributed by atoms with van der Waals surface area (Å²) in [5.41, 5.74) is 6.96. The third-order valence-corrected chi connectivity index (χ3v) is 4.55. The first-order valence-electron chi connectivity index (χ1n) is 7.51. The summed E-state index contributed by atoms with van der Waals surface area (Å²) < 4.78 is 5.66. The lowest BCUT2D eigenvalue weighted by atomic mass is 10.2. The zero-order valence-corrected chi connectivity index (χ0v) is 11.9. The smallest absolute Gasteiger partial charge is 0.118 e. The summed E-state index contributed by atoms with van der Waals surface area (Å²) in [5, 5.41) is 0. The summed E-state index contributed by atoms with van der Waals surface area (Å²) in [5.74, 6) is 1.94. The van der Waals surface area contributed by atoms with E-state index in [0.29, 0.717) is 6.54 Å². The van der Waals surface area contributed by atoms with Crippen LogP contribution in [0.4, 0.5) is 0 Å². The van der Waals surface area contributed by atoms with E-state index in [9.17, 15) is 0 Å². The van der Waals surface area contributed by atoms with E-state index < -0.39 is 0 Å². The largest absolute Gasteiger partial charge is 0.465 e. The molecule has 2 aliphatic rings. The minimum atomic E-state index is 0.497. The van der Waals surface area contributed by atoms with Gasteiger partial charge in [-0.1, -0.05) is 0 Å². The highest BCUT2D eigenvalue weighted by molar-refractivity contribution is 5.20. The standard InChI is InChI=1S/C15H25N3O/c1-12-13(8-15(9-16)19-12)10-17-5-3-7-18-6-2-4-14(18)11-17/h8,14H,2-7,9-11,16H2,1H3. The van der Waals surface area contributed by atoms with Crippen molar-refractivity contribution in [3.63, 3.8) is 0 Å². The van der Waals surface area contributed by atoms with Crippen LogP contribution < -0.4 is 5.73 Å². The van der Waals surface area contributed by atoms with Crippen LogP contribution in [0.5, 0.6) is 0 Å². The van der Waals surface area contributed by atoms with Crippen LogP contribution in [0.1, 0.15) is 36.3 Å². The second-order valence-electron chi connectivity index (χ2n) is 5.92. The minimum absolute atomic E-state index is 0.497. The van der Waals surface area contributed by atoms with Crippen molar-refractivity contribution < 1.29 is 4.42 Å². The predicted octanol–water partition coefficient (Wildman–Crippen LogP) is 1.72. The maximum Gasteiger partial charge on any atom is 0.118 e. The highest BCUT2D eigenvalue weighted by Gasteiger charge is 2.28. The minimum Gasteiger partial charge on any atom is -0.465 e. The molecule has 4 nitrogen and oxygen atoms in total. The van der Waals surface area contributed by atoms with E-state index in [1.165, 1.54) is 51.0 Å². The van der Waals surface area contributed by atoms with Gasteiger partial charge in [-0.25, -0.2) is 0 Å². The van der Waals surface area contributed by atoms with Crippen molar-refractivity contribution in [2.24, 2.45) is 5.73 Å². The van der Waals surface area contributed by atoms with Crippen molar-refractivity contribution in [3.05, 3.63) is 23.2 Å². The van der Waals surface area contributed by atoms with Crippen LogP contribution in [-0.2, 0) is 13.1 Å². The topological polar surface area (TPSA) is 45.6 Å². The summed E-state index contributed by atoms with van der Waals surface area (Å²) in [6.45, 7) is 8.56. The first-order valence-corrected chi connectivity index (χ1v) is 7.51. The lowest BCUT2D eigenvalue weighted by molar-refractivity contribution is 0.215. The molecule has 106 valence electrons. The number of hydrogen-bond acceptors (Lipinski definition) is 4. The number of hydrogen-bond donors (Lipinski definition) is 1. The Morgan fingerprint density at radius 3 is 2.95 bits per heavy atom. The van der Waals surface area contributed by atoms with Crippen molar-refractivity contribution >= 4 is 0 Å². The van der Waals surface area contributed by atoms with E-state index in [1.54, 1.807) is 0 Å². The lowest BCUT2D eigenvalue weighted by Gasteiger charge is -2.25. The quantitative estimate of drug-likeness (QED) is 0.902. The Morgan fingerprint density at radius 1 is 1.32 bits per heavy atom. The molecule has 3 heterocycles. The molecule has 0 aromatic carbocycles. The van der Waals surface area contributed by atoms with Crippen LogP contribution >= 0.6 is 0 Å². The first kappa shape index (κ1) is 13.2. The molecule has 1 aromatic rings. The molecule has 0 bridgehead atoms. The van der Waals surface area contributed by atoms with Gasteiger partial charge in [0.25, 0.3) is 0 Å². The number of furan rings is 1. The third-order valence-electron chi connectivity index (χ3n) is 4.55. The fourth-order valence-corrected chi connectivity index (χ4v) is 3.51. The van der Waals surface area contributed by atoms with Gasteiger partial charge in [0, 0.05) is 24.7 Å². The van der Waals surface area contributed by atoms with E-state index in [1.807, 2.05) is 6.92 Å². The Balaban J connectivity index is 1.66. The van der Waals surface area contributed by atoms with Gasteiger partial charge in [0.05, 0.1) is 6.54 Å². The maximum absolute atomic E-state index is 5.66. The van der Waals surface area contributed by atoms with Gasteiger partial charge in [-0.15, -0.1) is 0 Å². The highest BCUT2D eigenvalue weighted by atomic mass is 16.3. The molecule has 0 amide bonds. The molecule has 0 saturated carbocycles. The van der Waals surface area contributed by atoms with Crippen LogP contribution in [0.2, 0.25) is 0 Å². The van der Waals surface area contributed by atoms with Crippen molar-refractivity contribution in [2.45, 2.75) is 45.3 Å². The van der Waals surface area contributed by atoms with Crippen LogP contribution in [0.15, 0.2) is 10.5 Å². The molecule has 3 rings (SSSR count). The van der Waals surface area contributed by atoms with Gasteiger partial charge in [-0.05, 0) is 51.9 Å². The molecule has 0 radical (unpaired) electrons.